The van der Waals surface area contributed by atoms with Crippen molar-refractivity contribution in [2.75, 3.05) is 33.3 Å². The predicted octanol–water partition coefficient (Wildman–Crippen LogP) is 1.27. The van der Waals surface area contributed by atoms with Crippen molar-refractivity contribution in [3.63, 3.8) is 0 Å². The zero-order chi connectivity index (χ0) is 13.4. The minimum Gasteiger partial charge on any atom is -0.395 e. The second kappa shape index (κ2) is 8.19. The van der Waals surface area contributed by atoms with Crippen molar-refractivity contribution in [3.8, 4) is 0 Å². The standard InChI is InChI=1S/C14H23FN2O/c1-12(11-17(2)8-9-18)16-7-6-13-4-3-5-14(15)10-13/h3-5,10,12,16,18H,6-9,11H2,1-2H3/t12-/m0/s1. The maximum atomic E-state index is 13.0. The third kappa shape index (κ3) is 6.10. The zero-order valence-corrected chi connectivity index (χ0v) is 11.2. The van der Waals surface area contributed by atoms with Crippen molar-refractivity contribution in [1.82, 2.24) is 10.2 Å². The molecule has 0 saturated carbocycles. The molecule has 2 N–H and O–H groups in total. The van der Waals surface area contributed by atoms with Crippen LogP contribution in [0.2, 0.25) is 0 Å². The first-order valence-corrected chi connectivity index (χ1v) is 6.39. The molecule has 102 valence electrons. The summed E-state index contributed by atoms with van der Waals surface area (Å²) >= 11 is 0. The van der Waals surface area contributed by atoms with Crippen molar-refractivity contribution in [3.05, 3.63) is 35.6 Å². The molecule has 0 radical (unpaired) electrons. The van der Waals surface area contributed by atoms with Crippen LogP contribution in [0, 0.1) is 5.82 Å². The molecule has 1 aromatic carbocycles. The minimum atomic E-state index is -0.178. The molecule has 0 aliphatic rings. The van der Waals surface area contributed by atoms with E-state index in [1.54, 1.807) is 12.1 Å². The minimum absolute atomic E-state index is 0.178. The van der Waals surface area contributed by atoms with Gasteiger partial charge >= 0.3 is 0 Å². The topological polar surface area (TPSA) is 35.5 Å². The summed E-state index contributed by atoms with van der Waals surface area (Å²) in [6, 6.07) is 7.07. The van der Waals surface area contributed by atoms with Gasteiger partial charge in [0.05, 0.1) is 6.61 Å². The first-order valence-electron chi connectivity index (χ1n) is 6.39. The van der Waals surface area contributed by atoms with Crippen LogP contribution in [0.25, 0.3) is 0 Å². The summed E-state index contributed by atoms with van der Waals surface area (Å²) in [5.41, 5.74) is 1.01. The molecule has 1 rings (SSSR count). The van der Waals surface area contributed by atoms with Gasteiger partial charge in [0.15, 0.2) is 0 Å². The molecule has 0 fully saturated rings. The highest BCUT2D eigenvalue weighted by Gasteiger charge is 2.05. The van der Waals surface area contributed by atoms with E-state index in [2.05, 4.69) is 17.1 Å². The van der Waals surface area contributed by atoms with E-state index in [4.69, 9.17) is 5.11 Å². The third-order valence-electron chi connectivity index (χ3n) is 2.86. The summed E-state index contributed by atoms with van der Waals surface area (Å²) in [7, 11) is 1.99. The van der Waals surface area contributed by atoms with Crippen LogP contribution in [-0.4, -0.2) is 49.3 Å². The van der Waals surface area contributed by atoms with Crippen molar-refractivity contribution in [2.24, 2.45) is 0 Å². The van der Waals surface area contributed by atoms with Crippen molar-refractivity contribution in [1.29, 1.82) is 0 Å². The molecule has 0 heterocycles. The van der Waals surface area contributed by atoms with Crippen LogP contribution in [0.5, 0.6) is 0 Å². The number of aliphatic hydroxyl groups is 1. The monoisotopic (exact) mass is 254 g/mol. The molecule has 0 unspecified atom stereocenters. The second-order valence-corrected chi connectivity index (χ2v) is 4.72. The fourth-order valence-electron chi connectivity index (χ4n) is 1.95. The normalized spacial score (nSPS) is 12.9. The van der Waals surface area contributed by atoms with Gasteiger partial charge in [-0.3, -0.25) is 0 Å². The molecule has 0 bridgehead atoms. The predicted molar refractivity (Wildman–Crippen MR) is 72.2 cm³/mol. The number of hydrogen-bond donors (Lipinski definition) is 2. The lowest BCUT2D eigenvalue weighted by molar-refractivity contribution is 0.211. The molecule has 4 heteroatoms. The summed E-state index contributed by atoms with van der Waals surface area (Å²) in [6.45, 7) is 4.71. The van der Waals surface area contributed by atoms with Crippen LogP contribution in [0.1, 0.15) is 12.5 Å². The van der Waals surface area contributed by atoms with Crippen LogP contribution >= 0.6 is 0 Å². The Bertz CT molecular complexity index is 346. The third-order valence-corrected chi connectivity index (χ3v) is 2.86. The smallest absolute Gasteiger partial charge is 0.123 e. The number of halogens is 1. The second-order valence-electron chi connectivity index (χ2n) is 4.72. The SMILES string of the molecule is C[C@@H](CN(C)CCO)NCCc1cccc(F)c1. The van der Waals surface area contributed by atoms with E-state index in [0.29, 0.717) is 12.6 Å². The number of nitrogens with one attached hydrogen (secondary N) is 1. The molecule has 1 aromatic rings. The van der Waals surface area contributed by atoms with Gasteiger partial charge < -0.3 is 15.3 Å². The van der Waals surface area contributed by atoms with Crippen LogP contribution in [0.3, 0.4) is 0 Å². The number of rotatable bonds is 8. The molecule has 3 nitrogen and oxygen atoms in total. The Kier molecular flexibility index (Phi) is 6.86. The van der Waals surface area contributed by atoms with E-state index in [1.807, 2.05) is 13.1 Å². The average molecular weight is 254 g/mol. The Morgan fingerprint density at radius 1 is 1.44 bits per heavy atom. The highest BCUT2D eigenvalue weighted by Crippen LogP contribution is 2.03. The number of likely N-dealkylation sites (N-methyl/N-ethyl adjacent to an activating group) is 1. The Balaban J connectivity index is 2.21. The number of aliphatic hydroxyl groups excluding tert-OH is 1. The Morgan fingerprint density at radius 3 is 2.89 bits per heavy atom. The van der Waals surface area contributed by atoms with E-state index < -0.39 is 0 Å². The molecular formula is C14H23FN2O. The largest absolute Gasteiger partial charge is 0.395 e. The van der Waals surface area contributed by atoms with Gasteiger partial charge in [-0.15, -0.1) is 0 Å². The molecule has 0 saturated heterocycles. The van der Waals surface area contributed by atoms with E-state index in [0.717, 1.165) is 25.1 Å². The molecule has 18 heavy (non-hydrogen) atoms. The number of benzene rings is 1. The molecule has 0 aliphatic carbocycles. The van der Waals surface area contributed by atoms with Gasteiger partial charge in [-0.25, -0.2) is 4.39 Å². The lowest BCUT2D eigenvalue weighted by Gasteiger charge is -2.21. The summed E-state index contributed by atoms with van der Waals surface area (Å²) in [5, 5.41) is 12.2. The van der Waals surface area contributed by atoms with Gasteiger partial charge in [0, 0.05) is 19.1 Å². The fourth-order valence-corrected chi connectivity index (χ4v) is 1.95. The molecule has 0 spiro atoms. The number of hydrogen-bond acceptors (Lipinski definition) is 3. The quantitative estimate of drug-likeness (QED) is 0.733. The average Bonchev–Trinajstić information content (AvgIpc) is 2.29. The van der Waals surface area contributed by atoms with Gasteiger partial charge in [-0.05, 0) is 44.6 Å². The lowest BCUT2D eigenvalue weighted by Crippen LogP contribution is -2.39. The molecular weight excluding hydrogens is 231 g/mol. The van der Waals surface area contributed by atoms with E-state index in [9.17, 15) is 4.39 Å². The molecule has 0 aromatic heterocycles. The highest BCUT2D eigenvalue weighted by molar-refractivity contribution is 5.16. The van der Waals surface area contributed by atoms with Gasteiger partial charge in [-0.2, -0.15) is 0 Å². The summed E-state index contributed by atoms with van der Waals surface area (Å²) < 4.78 is 13.0. The van der Waals surface area contributed by atoms with E-state index >= 15 is 0 Å². The van der Waals surface area contributed by atoms with Gasteiger partial charge in [0.2, 0.25) is 0 Å². The molecule has 0 aliphatic heterocycles. The summed E-state index contributed by atoms with van der Waals surface area (Å²) in [5.74, 6) is -0.178. The fraction of sp³-hybridized carbons (Fsp3) is 0.571. The van der Waals surface area contributed by atoms with Crippen LogP contribution in [0.15, 0.2) is 24.3 Å². The van der Waals surface area contributed by atoms with Crippen LogP contribution in [0.4, 0.5) is 4.39 Å². The van der Waals surface area contributed by atoms with Gasteiger partial charge in [0.25, 0.3) is 0 Å². The molecule has 1 atom stereocenters. The summed E-state index contributed by atoms with van der Waals surface area (Å²) in [4.78, 5) is 2.08. The first kappa shape index (κ1) is 15.1. The lowest BCUT2D eigenvalue weighted by atomic mass is 10.1. The maximum absolute atomic E-state index is 13.0. The Morgan fingerprint density at radius 2 is 2.22 bits per heavy atom. The van der Waals surface area contributed by atoms with E-state index in [-0.39, 0.29) is 12.4 Å². The maximum Gasteiger partial charge on any atom is 0.123 e. The Hall–Kier alpha value is -0.970. The number of nitrogens with zero attached hydrogens (tertiary/aromatic N) is 1. The first-order chi connectivity index (χ1) is 8.61. The highest BCUT2D eigenvalue weighted by atomic mass is 19.1. The van der Waals surface area contributed by atoms with Gasteiger partial charge in [0.1, 0.15) is 5.82 Å². The zero-order valence-electron chi connectivity index (χ0n) is 11.2. The molecule has 0 amide bonds. The van der Waals surface area contributed by atoms with Crippen LogP contribution < -0.4 is 5.32 Å². The van der Waals surface area contributed by atoms with Crippen molar-refractivity contribution < 1.29 is 9.50 Å². The van der Waals surface area contributed by atoms with Crippen molar-refractivity contribution >= 4 is 0 Å². The Labute approximate surface area is 109 Å². The van der Waals surface area contributed by atoms with E-state index in [1.165, 1.54) is 6.07 Å². The van der Waals surface area contributed by atoms with Gasteiger partial charge in [-0.1, -0.05) is 12.1 Å². The van der Waals surface area contributed by atoms with Crippen LogP contribution in [-0.2, 0) is 6.42 Å². The van der Waals surface area contributed by atoms with Crippen molar-refractivity contribution in [2.45, 2.75) is 19.4 Å². The summed E-state index contributed by atoms with van der Waals surface area (Å²) in [6.07, 6.45) is 0.825.